The molecule has 0 fully saturated rings. The molecule has 2 nitrogen and oxygen atoms in total. The van der Waals surface area contributed by atoms with E-state index in [9.17, 15) is 4.79 Å². The number of rotatable bonds is 2. The quantitative estimate of drug-likeness (QED) is 0.656. The summed E-state index contributed by atoms with van der Waals surface area (Å²) in [6.45, 7) is 2.09. The number of carbonyl (C=O) groups excluding carboxylic acids is 1. The molecule has 0 saturated heterocycles. The van der Waals surface area contributed by atoms with E-state index in [0.717, 1.165) is 15.7 Å². The number of fused-ring (bicyclic) bond motifs is 1. The molecule has 0 N–H and O–H groups in total. The number of hydrogen-bond acceptors (Lipinski definition) is 1. The van der Waals surface area contributed by atoms with Crippen LogP contribution in [0.2, 0.25) is 0 Å². The molecule has 0 spiro atoms. The summed E-state index contributed by atoms with van der Waals surface area (Å²) in [6, 6.07) is 12.5. The highest BCUT2D eigenvalue weighted by Gasteiger charge is 2.25. The van der Waals surface area contributed by atoms with Crippen LogP contribution in [0.15, 0.2) is 40.9 Å². The molecular weight excluding hydrogens is 394 g/mol. The summed E-state index contributed by atoms with van der Waals surface area (Å²) < 4.78 is 1.13. The third kappa shape index (κ3) is 2.55. The number of amides is 1. The van der Waals surface area contributed by atoms with Crippen molar-refractivity contribution < 1.29 is 4.79 Å². The van der Waals surface area contributed by atoms with Gasteiger partial charge >= 0.3 is 0 Å². The van der Waals surface area contributed by atoms with Crippen molar-refractivity contribution in [3.05, 3.63) is 63.1 Å². The summed E-state index contributed by atoms with van der Waals surface area (Å²) in [5.41, 5.74) is 5.71. The molecule has 4 heteroatoms. The minimum atomic E-state index is 0.109. The lowest BCUT2D eigenvalue weighted by atomic mass is 10.0. The molecule has 2 aromatic carbocycles. The topological polar surface area (TPSA) is 20.3 Å². The molecule has 1 aliphatic rings. The lowest BCUT2D eigenvalue weighted by molar-refractivity contribution is -0.117. The summed E-state index contributed by atoms with van der Waals surface area (Å²) in [4.78, 5) is 13.6. The fraction of sp³-hybridized carbons (Fsp3) is 0.235. The van der Waals surface area contributed by atoms with E-state index < -0.39 is 0 Å². The zero-order valence-electron chi connectivity index (χ0n) is 11.9. The molecule has 0 aliphatic carbocycles. The number of aryl methyl sites for hydroxylation is 1. The van der Waals surface area contributed by atoms with E-state index in [4.69, 9.17) is 0 Å². The van der Waals surface area contributed by atoms with Crippen molar-refractivity contribution in [1.29, 1.82) is 0 Å². The van der Waals surface area contributed by atoms with Crippen LogP contribution in [-0.2, 0) is 11.2 Å². The zero-order valence-corrected chi connectivity index (χ0v) is 15.0. The summed E-state index contributed by atoms with van der Waals surface area (Å²) in [6.07, 6.45) is 0.494. The van der Waals surface area contributed by atoms with Gasteiger partial charge in [0.25, 0.3) is 0 Å². The van der Waals surface area contributed by atoms with E-state index in [1.54, 1.807) is 4.90 Å². The summed E-state index contributed by atoms with van der Waals surface area (Å²) in [7, 11) is 1.83. The smallest absolute Gasteiger partial charge is 0.231 e. The van der Waals surface area contributed by atoms with E-state index in [0.29, 0.717) is 6.42 Å². The van der Waals surface area contributed by atoms with Crippen LogP contribution in [-0.4, -0.2) is 13.0 Å². The first-order chi connectivity index (χ1) is 9.99. The highest BCUT2D eigenvalue weighted by molar-refractivity contribution is 9.11. The molecule has 108 valence electrons. The average Bonchev–Trinajstić information content (AvgIpc) is 2.76. The van der Waals surface area contributed by atoms with Gasteiger partial charge in [-0.3, -0.25) is 4.79 Å². The highest BCUT2D eigenvalue weighted by atomic mass is 79.9. The van der Waals surface area contributed by atoms with Gasteiger partial charge in [-0.05, 0) is 35.2 Å². The van der Waals surface area contributed by atoms with Crippen LogP contribution in [0.25, 0.3) is 0 Å². The van der Waals surface area contributed by atoms with Gasteiger partial charge < -0.3 is 4.90 Å². The van der Waals surface area contributed by atoms with Crippen molar-refractivity contribution in [3.8, 4) is 0 Å². The van der Waals surface area contributed by atoms with E-state index in [1.807, 2.05) is 13.1 Å². The van der Waals surface area contributed by atoms with Crippen molar-refractivity contribution in [2.75, 3.05) is 11.9 Å². The minimum absolute atomic E-state index is 0.109. The van der Waals surface area contributed by atoms with Crippen molar-refractivity contribution in [2.24, 2.45) is 0 Å². The Balaban J connectivity index is 2.00. The van der Waals surface area contributed by atoms with Crippen LogP contribution in [0.3, 0.4) is 0 Å². The number of nitrogens with zero attached hydrogens (tertiary/aromatic N) is 1. The van der Waals surface area contributed by atoms with Gasteiger partial charge in [0.1, 0.15) is 0 Å². The largest absolute Gasteiger partial charge is 0.315 e. The summed E-state index contributed by atoms with van der Waals surface area (Å²) in [5, 5.41) is 0. The predicted molar refractivity (Wildman–Crippen MR) is 93.2 cm³/mol. The molecule has 1 unspecified atom stereocenters. The Morgan fingerprint density at radius 3 is 2.76 bits per heavy atom. The Kier molecular flexibility index (Phi) is 3.93. The minimum Gasteiger partial charge on any atom is -0.315 e. The maximum absolute atomic E-state index is 11.8. The van der Waals surface area contributed by atoms with Crippen LogP contribution in [0, 0.1) is 6.92 Å². The fourth-order valence-corrected chi connectivity index (χ4v) is 4.16. The highest BCUT2D eigenvalue weighted by Crippen LogP contribution is 2.39. The predicted octanol–water partition coefficient (Wildman–Crippen LogP) is 4.76. The maximum atomic E-state index is 11.8. The molecule has 0 aromatic heterocycles. The molecule has 21 heavy (non-hydrogen) atoms. The van der Waals surface area contributed by atoms with Crippen LogP contribution < -0.4 is 4.90 Å². The lowest BCUT2D eigenvalue weighted by Gasteiger charge is -2.16. The molecular formula is C17H15Br2NO. The number of likely N-dealkylation sites (N-methyl/N-ethyl adjacent to an activating group) is 1. The summed E-state index contributed by atoms with van der Waals surface area (Å²) in [5.74, 6) is 0.157. The monoisotopic (exact) mass is 407 g/mol. The first kappa shape index (κ1) is 14.8. The molecule has 1 heterocycles. The lowest BCUT2D eigenvalue weighted by Crippen LogP contribution is -2.20. The van der Waals surface area contributed by atoms with Crippen molar-refractivity contribution in [3.63, 3.8) is 0 Å². The standard InChI is InChI=1S/C17H15Br2NO/c1-10-4-3-5-13(16(10)18)17(19)11-6-7-14-12(8-11)9-15(21)20(14)2/h3-8,17H,9H2,1-2H3. The number of halogens is 2. The van der Waals surface area contributed by atoms with Gasteiger partial charge in [0.05, 0.1) is 11.2 Å². The van der Waals surface area contributed by atoms with E-state index in [2.05, 4.69) is 69.1 Å². The van der Waals surface area contributed by atoms with Gasteiger partial charge in [-0.1, -0.05) is 62.2 Å². The van der Waals surface area contributed by atoms with Crippen LogP contribution >= 0.6 is 31.9 Å². The van der Waals surface area contributed by atoms with Crippen molar-refractivity contribution >= 4 is 43.5 Å². The molecule has 0 radical (unpaired) electrons. The van der Waals surface area contributed by atoms with Gasteiger partial charge in [-0.15, -0.1) is 0 Å². The number of alkyl halides is 1. The number of anilines is 1. The van der Waals surface area contributed by atoms with E-state index in [1.165, 1.54) is 16.7 Å². The molecule has 0 bridgehead atoms. The second-order valence-electron chi connectivity index (χ2n) is 5.36. The third-order valence-corrected chi connectivity index (χ3v) is 6.07. The Labute approximate surface area is 141 Å². The average molecular weight is 409 g/mol. The SMILES string of the molecule is Cc1cccc(C(Br)c2ccc3c(c2)CC(=O)N3C)c1Br. The van der Waals surface area contributed by atoms with E-state index in [-0.39, 0.29) is 10.7 Å². The molecule has 1 atom stereocenters. The second-order valence-corrected chi connectivity index (χ2v) is 7.07. The first-order valence-corrected chi connectivity index (χ1v) is 8.48. The maximum Gasteiger partial charge on any atom is 0.231 e. The molecule has 1 amide bonds. The molecule has 2 aromatic rings. The first-order valence-electron chi connectivity index (χ1n) is 6.77. The van der Waals surface area contributed by atoms with Crippen molar-refractivity contribution in [1.82, 2.24) is 0 Å². The van der Waals surface area contributed by atoms with Gasteiger partial charge in [0, 0.05) is 17.2 Å². The summed E-state index contributed by atoms with van der Waals surface area (Å²) >= 11 is 7.46. The number of hydrogen-bond donors (Lipinski definition) is 0. The Bertz CT molecular complexity index is 727. The number of carbonyl (C=O) groups is 1. The molecule has 0 saturated carbocycles. The van der Waals surface area contributed by atoms with E-state index >= 15 is 0 Å². The van der Waals surface area contributed by atoms with Crippen LogP contribution in [0.1, 0.15) is 27.1 Å². The number of benzene rings is 2. The van der Waals surface area contributed by atoms with Gasteiger partial charge in [-0.2, -0.15) is 0 Å². The van der Waals surface area contributed by atoms with Gasteiger partial charge in [0.15, 0.2) is 0 Å². The Morgan fingerprint density at radius 2 is 2.00 bits per heavy atom. The van der Waals surface area contributed by atoms with Crippen LogP contribution in [0.5, 0.6) is 0 Å². The Morgan fingerprint density at radius 1 is 1.24 bits per heavy atom. The normalized spacial score (nSPS) is 15.2. The molecule has 3 rings (SSSR count). The van der Waals surface area contributed by atoms with Gasteiger partial charge in [0.2, 0.25) is 5.91 Å². The Hall–Kier alpha value is -1.13. The third-order valence-electron chi connectivity index (χ3n) is 3.97. The fourth-order valence-electron chi connectivity index (χ4n) is 2.69. The second kappa shape index (κ2) is 5.58. The zero-order chi connectivity index (χ0) is 15.1. The van der Waals surface area contributed by atoms with Gasteiger partial charge in [-0.25, -0.2) is 0 Å². The van der Waals surface area contributed by atoms with Crippen molar-refractivity contribution in [2.45, 2.75) is 18.2 Å². The molecule has 1 aliphatic heterocycles. The van der Waals surface area contributed by atoms with Crippen LogP contribution in [0.4, 0.5) is 5.69 Å².